The van der Waals surface area contributed by atoms with Crippen LogP contribution in [0, 0.1) is 0 Å². The first-order chi connectivity index (χ1) is 6.79. The Balaban J connectivity index is -0.000000980. The second-order valence-electron chi connectivity index (χ2n) is 2.49. The summed E-state index contributed by atoms with van der Waals surface area (Å²) in [4.78, 5) is 21.2. The maximum atomic E-state index is 10.9. The molecule has 0 aromatic carbocycles. The summed E-state index contributed by atoms with van der Waals surface area (Å²) in [6, 6.07) is 0. The first-order valence-corrected chi connectivity index (χ1v) is 5.25. The number of carboxylic acids is 1. The van der Waals surface area contributed by atoms with Crippen LogP contribution in [0.25, 0.3) is 0 Å². The third-order valence-electron chi connectivity index (χ3n) is 1.32. The van der Waals surface area contributed by atoms with Gasteiger partial charge in [-0.1, -0.05) is 0 Å². The maximum Gasteiger partial charge on any atom is 1.00 e. The zero-order valence-corrected chi connectivity index (χ0v) is 12.4. The molecule has 1 unspecified atom stereocenters. The van der Waals surface area contributed by atoms with Crippen molar-refractivity contribution in [3.05, 3.63) is 0 Å². The summed E-state index contributed by atoms with van der Waals surface area (Å²) in [6.07, 6.45) is -1.09. The Morgan fingerprint density at radius 1 is 1.38 bits per heavy atom. The number of aliphatic carboxylic acids is 1. The zero-order chi connectivity index (χ0) is 12.1. The van der Waals surface area contributed by atoms with Crippen molar-refractivity contribution in [2.45, 2.75) is 11.7 Å². The van der Waals surface area contributed by atoms with Crippen LogP contribution in [-0.4, -0.2) is 53.6 Å². The Labute approximate surface area is 136 Å². The van der Waals surface area contributed by atoms with Gasteiger partial charge in [0.1, 0.15) is 6.61 Å². The molecule has 3 N–H and O–H groups in total. The molecule has 0 amide bonds. The summed E-state index contributed by atoms with van der Waals surface area (Å²) in [5.41, 5.74) is 0. The third-order valence-corrected chi connectivity index (χ3v) is 2.40. The van der Waals surface area contributed by atoms with E-state index in [9.17, 15) is 18.0 Å². The molecule has 1 atom stereocenters. The first kappa shape index (κ1) is 18.8. The predicted octanol–water partition coefficient (Wildman–Crippen LogP) is -4.63. The minimum Gasteiger partial charge on any atom is -1.00 e. The molecule has 0 rings (SSSR count). The van der Waals surface area contributed by atoms with E-state index < -0.39 is 46.9 Å². The number of hydrogen-bond acceptors (Lipinski definition) is 6. The minimum atomic E-state index is -4.83. The maximum absolute atomic E-state index is 10.9. The molecule has 0 fully saturated rings. The number of carbonyl (C=O) groups is 2. The molecule has 10 heteroatoms. The van der Waals surface area contributed by atoms with Crippen molar-refractivity contribution >= 4 is 22.1 Å². The van der Waals surface area contributed by atoms with Gasteiger partial charge in [-0.3, -0.25) is 14.1 Å². The average molecular weight is 282 g/mol. The number of esters is 1. The number of ether oxygens (including phenoxy) is 1. The second kappa shape index (κ2) is 8.52. The van der Waals surface area contributed by atoms with Crippen LogP contribution in [0.1, 0.15) is 7.85 Å². The number of rotatable bonds is 6. The number of aliphatic hydroxyl groups is 1. The molecule has 0 saturated carbocycles. The van der Waals surface area contributed by atoms with E-state index in [1.807, 2.05) is 0 Å². The van der Waals surface area contributed by atoms with Crippen LogP contribution in [0.5, 0.6) is 0 Å². The van der Waals surface area contributed by atoms with E-state index >= 15 is 0 Å². The molecule has 0 aromatic heterocycles. The van der Waals surface area contributed by atoms with Crippen LogP contribution in [0.15, 0.2) is 0 Å². The van der Waals surface area contributed by atoms with Gasteiger partial charge in [-0.2, -0.15) is 8.42 Å². The Kier molecular flexibility index (Phi) is 10.0. The summed E-state index contributed by atoms with van der Waals surface area (Å²) in [5, 5.41) is 14.4. The quantitative estimate of drug-likeness (QED) is 0.251. The van der Waals surface area contributed by atoms with Gasteiger partial charge in [-0.25, -0.2) is 0 Å². The minimum absolute atomic E-state index is 0. The standard InChI is InChI=1S/C6H10O8S.K.H/c7-1-2-14-6(10)4(3-5(8)9)15(11,12)13;;/h4,7H,1-3H2,(H,8,9)(H,11,12,13);;/q;+1;-1. The summed E-state index contributed by atoms with van der Waals surface area (Å²) in [6.45, 7) is -0.999. The van der Waals surface area contributed by atoms with Crippen molar-refractivity contribution in [1.29, 1.82) is 0 Å². The second-order valence-corrected chi connectivity index (χ2v) is 4.09. The van der Waals surface area contributed by atoms with Crippen LogP contribution in [0.3, 0.4) is 0 Å². The molecular formula is C6H11KO8S. The topological polar surface area (TPSA) is 138 Å². The smallest absolute Gasteiger partial charge is 1.00 e. The van der Waals surface area contributed by atoms with E-state index in [1.165, 1.54) is 0 Å². The molecule has 0 radical (unpaired) electrons. The van der Waals surface area contributed by atoms with Crippen molar-refractivity contribution in [2.24, 2.45) is 0 Å². The van der Waals surface area contributed by atoms with Crippen LogP contribution in [0.4, 0.5) is 0 Å². The fourth-order valence-electron chi connectivity index (χ4n) is 0.708. The van der Waals surface area contributed by atoms with Crippen molar-refractivity contribution in [2.75, 3.05) is 13.2 Å². The molecular weight excluding hydrogens is 271 g/mol. The normalized spacial score (nSPS) is 12.4. The molecule has 90 valence electrons. The molecule has 16 heavy (non-hydrogen) atoms. The summed E-state index contributed by atoms with van der Waals surface area (Å²) < 4.78 is 33.9. The van der Waals surface area contributed by atoms with Crippen molar-refractivity contribution < 1.29 is 90.3 Å². The van der Waals surface area contributed by atoms with Gasteiger partial charge >= 0.3 is 63.3 Å². The molecule has 0 aromatic rings. The number of hydrogen-bond donors (Lipinski definition) is 3. The Bertz CT molecular complexity index is 342. The van der Waals surface area contributed by atoms with E-state index in [4.69, 9.17) is 14.8 Å². The van der Waals surface area contributed by atoms with Crippen LogP contribution < -0.4 is 51.4 Å². The number of carbonyl (C=O) groups excluding carboxylic acids is 1. The Hall–Kier alpha value is 0.446. The Morgan fingerprint density at radius 3 is 2.19 bits per heavy atom. The summed E-state index contributed by atoms with van der Waals surface area (Å²) in [7, 11) is -4.83. The molecule has 0 saturated heterocycles. The molecule has 0 heterocycles. The Morgan fingerprint density at radius 2 is 1.88 bits per heavy atom. The fourth-order valence-corrected chi connectivity index (χ4v) is 1.37. The number of aliphatic hydroxyl groups excluding tert-OH is 1. The first-order valence-electron chi connectivity index (χ1n) is 3.74. The van der Waals surface area contributed by atoms with Gasteiger partial charge in [0.05, 0.1) is 13.0 Å². The van der Waals surface area contributed by atoms with E-state index in [0.29, 0.717) is 0 Å². The van der Waals surface area contributed by atoms with E-state index in [0.717, 1.165) is 0 Å². The summed E-state index contributed by atoms with van der Waals surface area (Å²) >= 11 is 0. The van der Waals surface area contributed by atoms with Gasteiger partial charge in [0.25, 0.3) is 10.1 Å². The average Bonchev–Trinajstić information content (AvgIpc) is 2.08. The van der Waals surface area contributed by atoms with E-state index in [-0.39, 0.29) is 52.8 Å². The molecule has 0 spiro atoms. The molecule has 8 nitrogen and oxygen atoms in total. The van der Waals surface area contributed by atoms with Gasteiger partial charge < -0.3 is 16.4 Å². The van der Waals surface area contributed by atoms with Crippen LogP contribution in [0.2, 0.25) is 0 Å². The van der Waals surface area contributed by atoms with Crippen molar-refractivity contribution in [3.8, 4) is 0 Å². The summed E-state index contributed by atoms with van der Waals surface area (Å²) in [5.74, 6) is -2.98. The SMILES string of the molecule is O=C(O)CC(C(=O)OCCO)S(=O)(=O)O.[H-].[K+]. The van der Waals surface area contributed by atoms with E-state index in [2.05, 4.69) is 4.74 Å². The largest absolute Gasteiger partial charge is 1.00 e. The number of carboxylic acid groups (broad SMARTS) is 1. The molecule has 0 bridgehead atoms. The molecule has 0 aliphatic rings. The van der Waals surface area contributed by atoms with Crippen molar-refractivity contribution in [1.82, 2.24) is 0 Å². The van der Waals surface area contributed by atoms with Gasteiger partial charge in [-0.15, -0.1) is 0 Å². The molecule has 0 aliphatic heterocycles. The van der Waals surface area contributed by atoms with E-state index in [1.54, 1.807) is 0 Å². The fraction of sp³-hybridized carbons (Fsp3) is 0.667. The third kappa shape index (κ3) is 7.68. The molecule has 0 aliphatic carbocycles. The van der Waals surface area contributed by atoms with Gasteiger partial charge in [0.2, 0.25) is 0 Å². The zero-order valence-electron chi connectivity index (χ0n) is 9.49. The van der Waals surface area contributed by atoms with Crippen molar-refractivity contribution in [3.63, 3.8) is 0 Å². The van der Waals surface area contributed by atoms with Crippen LogP contribution >= 0.6 is 0 Å². The monoisotopic (exact) mass is 282 g/mol. The van der Waals surface area contributed by atoms with Crippen LogP contribution in [-0.2, 0) is 24.4 Å². The predicted molar refractivity (Wildman–Crippen MR) is 46.7 cm³/mol. The van der Waals surface area contributed by atoms with Gasteiger partial charge in [0.15, 0.2) is 5.25 Å². The van der Waals surface area contributed by atoms with Gasteiger partial charge in [-0.05, 0) is 0 Å². The van der Waals surface area contributed by atoms with Gasteiger partial charge in [0, 0.05) is 0 Å².